The van der Waals surface area contributed by atoms with E-state index in [1.165, 1.54) is 0 Å². The van der Waals surface area contributed by atoms with Crippen LogP contribution in [-0.4, -0.2) is 19.5 Å². The van der Waals surface area contributed by atoms with Crippen molar-refractivity contribution in [2.24, 2.45) is 17.6 Å². The molecule has 0 radical (unpaired) electrons. The second kappa shape index (κ2) is 5.45. The van der Waals surface area contributed by atoms with Crippen LogP contribution in [0, 0.1) is 11.8 Å². The summed E-state index contributed by atoms with van der Waals surface area (Å²) in [4.78, 5) is 14.1. The van der Waals surface area contributed by atoms with Crippen molar-refractivity contribution >= 4 is 22.6 Å². The van der Waals surface area contributed by atoms with Crippen LogP contribution >= 0.6 is 0 Å². The lowest BCUT2D eigenvalue weighted by Gasteiger charge is -2.24. The van der Waals surface area contributed by atoms with E-state index in [1.807, 2.05) is 38.1 Å². The Morgan fingerprint density at radius 3 is 2.68 bits per heavy atom. The van der Waals surface area contributed by atoms with Crippen LogP contribution in [-0.2, 0) is 4.79 Å². The van der Waals surface area contributed by atoms with E-state index in [9.17, 15) is 4.79 Å². The van der Waals surface area contributed by atoms with E-state index in [0.29, 0.717) is 6.54 Å². The molecule has 4 nitrogen and oxygen atoms in total. The number of para-hydroxylation sites is 1. The maximum atomic E-state index is 12.5. The van der Waals surface area contributed by atoms with Gasteiger partial charge in [-0.3, -0.25) is 4.79 Å². The number of amides is 1. The summed E-state index contributed by atoms with van der Waals surface area (Å²) in [5.41, 5.74) is 7.28. The zero-order chi connectivity index (χ0) is 14.0. The topological polar surface area (TPSA) is 59.5 Å². The van der Waals surface area contributed by atoms with Gasteiger partial charge >= 0.3 is 0 Å². The van der Waals surface area contributed by atoms with Crippen molar-refractivity contribution in [1.29, 1.82) is 0 Å². The van der Waals surface area contributed by atoms with E-state index in [-0.39, 0.29) is 17.7 Å². The Morgan fingerprint density at radius 2 is 2.05 bits per heavy atom. The normalized spacial score (nSPS) is 12.9. The van der Waals surface area contributed by atoms with Crippen LogP contribution in [0.2, 0.25) is 0 Å². The van der Waals surface area contributed by atoms with Gasteiger partial charge in [0, 0.05) is 19.0 Å². The number of nitrogens with two attached hydrogens (primary N) is 1. The summed E-state index contributed by atoms with van der Waals surface area (Å²) >= 11 is 0. The van der Waals surface area contributed by atoms with Crippen molar-refractivity contribution < 1.29 is 9.21 Å². The van der Waals surface area contributed by atoms with Gasteiger partial charge in [-0.05, 0) is 18.1 Å². The van der Waals surface area contributed by atoms with Gasteiger partial charge < -0.3 is 15.1 Å². The van der Waals surface area contributed by atoms with Gasteiger partial charge in [-0.1, -0.05) is 26.0 Å². The van der Waals surface area contributed by atoms with Gasteiger partial charge in [-0.2, -0.15) is 0 Å². The summed E-state index contributed by atoms with van der Waals surface area (Å²) in [5, 5.41) is 0.942. The van der Waals surface area contributed by atoms with E-state index in [4.69, 9.17) is 10.2 Å². The number of furan rings is 1. The van der Waals surface area contributed by atoms with Gasteiger partial charge in [-0.15, -0.1) is 0 Å². The summed E-state index contributed by atoms with van der Waals surface area (Å²) < 4.78 is 5.47. The zero-order valence-electron chi connectivity index (χ0n) is 11.6. The lowest BCUT2D eigenvalue weighted by Crippen LogP contribution is -2.39. The van der Waals surface area contributed by atoms with Crippen LogP contribution in [0.1, 0.15) is 13.8 Å². The Labute approximate surface area is 113 Å². The number of anilines is 1. The van der Waals surface area contributed by atoms with E-state index >= 15 is 0 Å². The largest absolute Gasteiger partial charge is 0.462 e. The highest BCUT2D eigenvalue weighted by Crippen LogP contribution is 2.29. The van der Waals surface area contributed by atoms with E-state index in [2.05, 4.69) is 0 Å². The number of rotatable bonds is 4. The number of carbonyl (C=O) groups excluding carboxylic acids is 1. The highest BCUT2D eigenvalue weighted by Gasteiger charge is 2.26. The predicted octanol–water partition coefficient (Wildman–Crippen LogP) is 2.63. The summed E-state index contributed by atoms with van der Waals surface area (Å²) in [5.74, 6) is 0.0841. The molecule has 0 aliphatic rings. The van der Waals surface area contributed by atoms with E-state index in [0.717, 1.165) is 16.7 Å². The lowest BCUT2D eigenvalue weighted by molar-refractivity contribution is -0.123. The standard InChI is InChI=1S/C15H20N2O2/c1-10(2)12(8-16)15(18)17(3)13-9-19-14-7-5-4-6-11(13)14/h4-7,9-10,12H,8,16H2,1-3H3. The molecule has 2 aromatic rings. The van der Waals surface area contributed by atoms with Crippen LogP contribution in [0.4, 0.5) is 5.69 Å². The van der Waals surface area contributed by atoms with Crippen molar-refractivity contribution in [3.63, 3.8) is 0 Å². The van der Waals surface area contributed by atoms with Crippen molar-refractivity contribution in [2.75, 3.05) is 18.5 Å². The molecule has 0 aliphatic carbocycles. The molecule has 1 amide bonds. The molecule has 2 rings (SSSR count). The summed E-state index contributed by atoms with van der Waals surface area (Å²) in [6, 6.07) is 7.68. The van der Waals surface area contributed by atoms with Crippen molar-refractivity contribution in [3.8, 4) is 0 Å². The monoisotopic (exact) mass is 260 g/mol. The third kappa shape index (κ3) is 2.49. The van der Waals surface area contributed by atoms with Gasteiger partial charge in [-0.25, -0.2) is 0 Å². The molecule has 1 atom stereocenters. The Kier molecular flexibility index (Phi) is 3.90. The quantitative estimate of drug-likeness (QED) is 0.919. The first-order chi connectivity index (χ1) is 9.06. The number of benzene rings is 1. The van der Waals surface area contributed by atoms with Crippen molar-refractivity contribution in [3.05, 3.63) is 30.5 Å². The highest BCUT2D eigenvalue weighted by molar-refractivity contribution is 6.03. The van der Waals surface area contributed by atoms with Gasteiger partial charge in [0.25, 0.3) is 0 Å². The molecule has 1 unspecified atom stereocenters. The SMILES string of the molecule is CC(C)C(CN)C(=O)N(C)c1coc2ccccc12. The smallest absolute Gasteiger partial charge is 0.231 e. The fourth-order valence-corrected chi connectivity index (χ4v) is 2.25. The molecule has 0 spiro atoms. The molecule has 0 aliphatic heterocycles. The Hall–Kier alpha value is -1.81. The van der Waals surface area contributed by atoms with Gasteiger partial charge in [0.1, 0.15) is 11.8 Å². The molecular formula is C15H20N2O2. The molecule has 0 bridgehead atoms. The Morgan fingerprint density at radius 1 is 1.37 bits per heavy atom. The average Bonchev–Trinajstić information content (AvgIpc) is 2.82. The molecular weight excluding hydrogens is 240 g/mol. The Bertz CT molecular complexity index is 574. The molecule has 0 fully saturated rings. The minimum atomic E-state index is -0.168. The second-order valence-electron chi connectivity index (χ2n) is 5.10. The van der Waals surface area contributed by atoms with E-state index in [1.54, 1.807) is 18.2 Å². The number of carbonyl (C=O) groups is 1. The first-order valence-corrected chi connectivity index (χ1v) is 6.50. The molecule has 1 heterocycles. The van der Waals surface area contributed by atoms with Crippen LogP contribution < -0.4 is 10.6 Å². The van der Waals surface area contributed by atoms with Crippen LogP contribution in [0.15, 0.2) is 34.9 Å². The molecule has 4 heteroatoms. The van der Waals surface area contributed by atoms with E-state index < -0.39 is 0 Å². The highest BCUT2D eigenvalue weighted by atomic mass is 16.3. The fourth-order valence-electron chi connectivity index (χ4n) is 2.25. The number of nitrogens with zero attached hydrogens (tertiary/aromatic N) is 1. The van der Waals surface area contributed by atoms with Crippen LogP contribution in [0.25, 0.3) is 11.0 Å². The second-order valence-corrected chi connectivity index (χ2v) is 5.10. The minimum Gasteiger partial charge on any atom is -0.462 e. The van der Waals surface area contributed by atoms with Crippen molar-refractivity contribution in [2.45, 2.75) is 13.8 Å². The van der Waals surface area contributed by atoms with Crippen LogP contribution in [0.3, 0.4) is 0 Å². The Balaban J connectivity index is 2.33. The molecule has 2 N–H and O–H groups in total. The minimum absolute atomic E-state index is 0.0315. The van der Waals surface area contributed by atoms with Gasteiger partial charge in [0.05, 0.1) is 11.6 Å². The lowest BCUT2D eigenvalue weighted by atomic mass is 9.94. The first kappa shape index (κ1) is 13.6. The van der Waals surface area contributed by atoms with Gasteiger partial charge in [0.15, 0.2) is 0 Å². The third-order valence-corrected chi connectivity index (χ3v) is 3.53. The maximum absolute atomic E-state index is 12.5. The summed E-state index contributed by atoms with van der Waals surface area (Å²) in [7, 11) is 1.77. The molecule has 102 valence electrons. The number of fused-ring (bicyclic) bond motifs is 1. The zero-order valence-corrected chi connectivity index (χ0v) is 11.6. The number of hydrogen-bond donors (Lipinski definition) is 1. The van der Waals surface area contributed by atoms with Crippen LogP contribution in [0.5, 0.6) is 0 Å². The summed E-state index contributed by atoms with van der Waals surface area (Å²) in [6.07, 6.45) is 1.62. The summed E-state index contributed by atoms with van der Waals surface area (Å²) in [6.45, 7) is 4.38. The maximum Gasteiger partial charge on any atom is 0.231 e. The average molecular weight is 260 g/mol. The predicted molar refractivity (Wildman–Crippen MR) is 77.0 cm³/mol. The molecule has 0 saturated heterocycles. The third-order valence-electron chi connectivity index (χ3n) is 3.53. The number of hydrogen-bond acceptors (Lipinski definition) is 3. The van der Waals surface area contributed by atoms with Gasteiger partial charge in [0.2, 0.25) is 5.91 Å². The molecule has 0 saturated carbocycles. The molecule has 1 aromatic carbocycles. The first-order valence-electron chi connectivity index (χ1n) is 6.50. The molecule has 19 heavy (non-hydrogen) atoms. The molecule has 1 aromatic heterocycles. The fraction of sp³-hybridized carbons (Fsp3) is 0.400. The van der Waals surface area contributed by atoms with Crippen molar-refractivity contribution in [1.82, 2.24) is 0 Å².